The zero-order valence-corrected chi connectivity index (χ0v) is 29.9. The van der Waals surface area contributed by atoms with Crippen molar-refractivity contribution in [3.05, 3.63) is 54.0 Å². The molecule has 1 aliphatic heterocycles. The van der Waals surface area contributed by atoms with Gasteiger partial charge in [0.2, 0.25) is 5.91 Å². The number of rotatable bonds is 10. The number of ether oxygens (including phenoxy) is 2. The first-order valence-corrected chi connectivity index (χ1v) is 19.9. The minimum atomic E-state index is -3.17. The van der Waals surface area contributed by atoms with E-state index in [1.807, 2.05) is 30.0 Å². The first-order valence-electron chi connectivity index (χ1n) is 17.9. The Labute approximate surface area is 293 Å². The van der Waals surface area contributed by atoms with E-state index in [1.165, 1.54) is 11.2 Å². The van der Waals surface area contributed by atoms with E-state index in [4.69, 9.17) is 28.8 Å². The quantitative estimate of drug-likeness (QED) is 0.244. The summed E-state index contributed by atoms with van der Waals surface area (Å²) < 4.78 is 40.4. The van der Waals surface area contributed by atoms with Gasteiger partial charge >= 0.3 is 6.09 Å². The highest BCUT2D eigenvalue weighted by atomic mass is 32.2. The van der Waals surface area contributed by atoms with Crippen molar-refractivity contribution in [2.45, 2.75) is 94.3 Å². The fourth-order valence-electron chi connectivity index (χ4n) is 7.59. The van der Waals surface area contributed by atoms with Crippen molar-refractivity contribution in [1.82, 2.24) is 19.9 Å². The van der Waals surface area contributed by atoms with Gasteiger partial charge in [0.25, 0.3) is 0 Å². The maximum absolute atomic E-state index is 14.4. The third-order valence-electron chi connectivity index (χ3n) is 11.0. The summed E-state index contributed by atoms with van der Waals surface area (Å²) in [5.41, 5.74) is 3.62. The molecule has 4 heterocycles. The molecule has 4 fully saturated rings. The molecule has 0 aromatic carbocycles. The fourth-order valence-corrected chi connectivity index (χ4v) is 8.49. The SMILES string of the molecule is COc1ccc(C2CCC(CN(C(=O)C3CCC(OC(=O)N4CC(S(C)(=O)=O)C4)CC3)c3cc(-c4coc(C5CC5)n4)ccn3)CC2)nc1C. The number of carbonyl (C=O) groups is 2. The number of methoxy groups -OCH3 is 1. The van der Waals surface area contributed by atoms with Crippen LogP contribution in [0.5, 0.6) is 5.75 Å². The van der Waals surface area contributed by atoms with E-state index in [1.54, 1.807) is 19.6 Å². The van der Waals surface area contributed by atoms with Gasteiger partial charge in [-0.3, -0.25) is 14.7 Å². The van der Waals surface area contributed by atoms with Gasteiger partial charge in [-0.2, -0.15) is 0 Å². The van der Waals surface area contributed by atoms with Crippen LogP contribution in [-0.2, 0) is 19.4 Å². The van der Waals surface area contributed by atoms with Crippen LogP contribution in [0.4, 0.5) is 10.6 Å². The van der Waals surface area contributed by atoms with Crippen LogP contribution in [0.15, 0.2) is 41.1 Å². The molecule has 13 heteroatoms. The van der Waals surface area contributed by atoms with Crippen LogP contribution in [-0.4, -0.2) is 84.6 Å². The Morgan fingerprint density at radius 1 is 0.960 bits per heavy atom. The van der Waals surface area contributed by atoms with Crippen LogP contribution >= 0.6 is 0 Å². The van der Waals surface area contributed by atoms with Crippen LogP contribution in [0.25, 0.3) is 11.3 Å². The minimum Gasteiger partial charge on any atom is -0.495 e. The van der Waals surface area contributed by atoms with Crippen molar-refractivity contribution in [3.8, 4) is 17.0 Å². The van der Waals surface area contributed by atoms with Gasteiger partial charge in [0, 0.05) is 61.1 Å². The second-order valence-corrected chi connectivity index (χ2v) is 17.0. The lowest BCUT2D eigenvalue weighted by molar-refractivity contribution is -0.124. The fraction of sp³-hybridized carbons (Fsp3) is 0.595. The van der Waals surface area contributed by atoms with Crippen molar-refractivity contribution >= 4 is 27.7 Å². The monoisotopic (exact) mass is 705 g/mol. The predicted octanol–water partition coefficient (Wildman–Crippen LogP) is 6.06. The first kappa shape index (κ1) is 34.4. The summed E-state index contributed by atoms with van der Waals surface area (Å²) in [7, 11) is -1.51. The lowest BCUT2D eigenvalue weighted by atomic mass is 9.79. The van der Waals surface area contributed by atoms with E-state index < -0.39 is 21.2 Å². The number of pyridine rings is 2. The summed E-state index contributed by atoms with van der Waals surface area (Å²) in [5.74, 6) is 3.11. The molecule has 0 spiro atoms. The molecule has 3 aliphatic carbocycles. The Balaban J connectivity index is 1.02. The number of likely N-dealkylation sites (tertiary alicyclic amines) is 1. The Kier molecular flexibility index (Phi) is 9.87. The molecule has 268 valence electrons. The van der Waals surface area contributed by atoms with Gasteiger partial charge in [-0.15, -0.1) is 0 Å². The summed E-state index contributed by atoms with van der Waals surface area (Å²) in [5, 5.41) is -0.524. The zero-order valence-electron chi connectivity index (χ0n) is 29.1. The summed E-state index contributed by atoms with van der Waals surface area (Å²) in [6.07, 6.45) is 12.4. The molecule has 0 radical (unpaired) electrons. The van der Waals surface area contributed by atoms with Gasteiger partial charge in [-0.25, -0.2) is 23.2 Å². The van der Waals surface area contributed by atoms with Crippen molar-refractivity contribution in [2.75, 3.05) is 37.9 Å². The molecular formula is C37H47N5O7S. The van der Waals surface area contributed by atoms with Gasteiger partial charge in [-0.05, 0) is 101 Å². The summed E-state index contributed by atoms with van der Waals surface area (Å²) in [6, 6.07) is 7.93. The van der Waals surface area contributed by atoms with E-state index in [9.17, 15) is 18.0 Å². The van der Waals surface area contributed by atoms with Gasteiger partial charge in [0.15, 0.2) is 15.7 Å². The molecular weight excluding hydrogens is 659 g/mol. The number of hydrogen-bond acceptors (Lipinski definition) is 10. The van der Waals surface area contributed by atoms with Crippen LogP contribution in [0.2, 0.25) is 0 Å². The number of aryl methyl sites for hydroxylation is 1. The maximum atomic E-state index is 14.4. The third-order valence-corrected chi connectivity index (χ3v) is 12.5. The Morgan fingerprint density at radius 3 is 2.34 bits per heavy atom. The Bertz CT molecular complexity index is 1800. The second kappa shape index (κ2) is 14.3. The molecule has 0 bridgehead atoms. The number of nitrogens with zero attached hydrogens (tertiary/aromatic N) is 5. The summed E-state index contributed by atoms with van der Waals surface area (Å²) in [6.45, 7) is 2.89. The highest BCUT2D eigenvalue weighted by Gasteiger charge is 2.40. The van der Waals surface area contributed by atoms with E-state index in [0.29, 0.717) is 55.8 Å². The lowest BCUT2D eigenvalue weighted by Crippen LogP contribution is -2.57. The number of aromatic nitrogens is 3. The van der Waals surface area contributed by atoms with Crippen molar-refractivity contribution in [2.24, 2.45) is 11.8 Å². The summed E-state index contributed by atoms with van der Waals surface area (Å²) >= 11 is 0. The number of carbonyl (C=O) groups excluding carboxylic acids is 2. The maximum Gasteiger partial charge on any atom is 0.410 e. The number of hydrogen-bond donors (Lipinski definition) is 0. The standard InChI is InChI=1S/C37H47N5O7S/c1-23-33(47-2)15-14-31(39-23)25-6-4-24(5-7-25)19-42(34-18-28(16-17-38-34)32-22-48-35(40-32)26-8-9-26)36(43)27-10-12-29(13-11-27)49-37(44)41-20-30(21-41)50(3,45)46/h14-18,22,24-27,29-30H,4-13,19-21H2,1-3H3. The highest BCUT2D eigenvalue weighted by molar-refractivity contribution is 7.91. The topological polar surface area (TPSA) is 145 Å². The first-order chi connectivity index (χ1) is 24.1. The molecule has 3 aromatic heterocycles. The molecule has 2 amide bonds. The van der Waals surface area contributed by atoms with Gasteiger partial charge in [0.1, 0.15) is 29.6 Å². The van der Waals surface area contributed by atoms with Crippen molar-refractivity contribution < 1.29 is 31.9 Å². The largest absolute Gasteiger partial charge is 0.495 e. The highest BCUT2D eigenvalue weighted by Crippen LogP contribution is 2.41. The molecule has 50 heavy (non-hydrogen) atoms. The van der Waals surface area contributed by atoms with Gasteiger partial charge in [-0.1, -0.05) is 0 Å². The van der Waals surface area contributed by atoms with Crippen LogP contribution in [0.1, 0.15) is 93.3 Å². The Morgan fingerprint density at radius 2 is 1.68 bits per heavy atom. The third kappa shape index (κ3) is 7.67. The number of oxazole rings is 1. The Hall–Kier alpha value is -4.00. The molecule has 4 aliphatic rings. The lowest BCUT2D eigenvalue weighted by Gasteiger charge is -2.39. The number of sulfone groups is 1. The smallest absolute Gasteiger partial charge is 0.410 e. The molecule has 0 atom stereocenters. The summed E-state index contributed by atoms with van der Waals surface area (Å²) in [4.78, 5) is 44.6. The van der Waals surface area contributed by atoms with Crippen molar-refractivity contribution in [1.29, 1.82) is 0 Å². The van der Waals surface area contributed by atoms with E-state index in [2.05, 4.69) is 6.07 Å². The molecule has 1 saturated heterocycles. The van der Waals surface area contributed by atoms with Crippen molar-refractivity contribution in [3.63, 3.8) is 0 Å². The average molecular weight is 706 g/mol. The molecule has 12 nitrogen and oxygen atoms in total. The molecule has 7 rings (SSSR count). The number of amides is 2. The second-order valence-electron chi connectivity index (χ2n) is 14.7. The number of anilines is 1. The minimum absolute atomic E-state index is 0.0477. The van der Waals surface area contributed by atoms with Gasteiger partial charge in [0.05, 0.1) is 18.1 Å². The van der Waals surface area contributed by atoms with E-state index in [-0.39, 0.29) is 31.0 Å². The molecule has 0 N–H and O–H groups in total. The van der Waals surface area contributed by atoms with E-state index in [0.717, 1.165) is 72.8 Å². The van der Waals surface area contributed by atoms with Gasteiger partial charge < -0.3 is 18.8 Å². The average Bonchev–Trinajstić information content (AvgIpc) is 3.82. The van der Waals surface area contributed by atoms with E-state index >= 15 is 0 Å². The molecule has 0 unspecified atom stereocenters. The molecule has 3 saturated carbocycles. The van der Waals surface area contributed by atoms with Crippen LogP contribution in [0.3, 0.4) is 0 Å². The normalized spacial score (nSPS) is 24.3. The molecule has 3 aromatic rings. The van der Waals surface area contributed by atoms with Crippen LogP contribution in [0, 0.1) is 18.8 Å². The predicted molar refractivity (Wildman–Crippen MR) is 187 cm³/mol. The zero-order chi connectivity index (χ0) is 35.0. The van der Waals surface area contributed by atoms with Crippen LogP contribution < -0.4 is 9.64 Å².